The maximum absolute atomic E-state index is 10.5. The summed E-state index contributed by atoms with van der Waals surface area (Å²) in [5.41, 5.74) is 0.354. The molecular formula is C7H4O4. The Bertz CT molecular complexity index is 437. The van der Waals surface area contributed by atoms with Crippen molar-refractivity contribution in [1.82, 2.24) is 0 Å². The Morgan fingerprint density at radius 1 is 1.27 bits per heavy atom. The maximum Gasteiger partial charge on any atom is 0.519 e. The quantitative estimate of drug-likeness (QED) is 0.613. The van der Waals surface area contributed by atoms with E-state index in [0.29, 0.717) is 0 Å². The number of aromatic hydroxyl groups is 1. The Kier molecular flexibility index (Phi) is 1.03. The fourth-order valence-corrected chi connectivity index (χ4v) is 0.881. The topological polar surface area (TPSA) is 63.6 Å². The number of rotatable bonds is 0. The first-order valence-corrected chi connectivity index (χ1v) is 2.99. The summed E-state index contributed by atoms with van der Waals surface area (Å²) in [5.74, 6) is -0.894. The first kappa shape index (κ1) is 6.03. The van der Waals surface area contributed by atoms with Gasteiger partial charge in [0.1, 0.15) is 0 Å². The Morgan fingerprint density at radius 2 is 2.09 bits per heavy atom. The third kappa shape index (κ3) is 0.797. The molecule has 0 amide bonds. The normalized spacial score (nSPS) is 10.5. The summed E-state index contributed by atoms with van der Waals surface area (Å²) >= 11 is 0. The van der Waals surface area contributed by atoms with Crippen LogP contribution < -0.4 is 5.82 Å². The zero-order chi connectivity index (χ0) is 7.84. The van der Waals surface area contributed by atoms with Crippen molar-refractivity contribution >= 4 is 11.2 Å². The molecule has 1 aromatic heterocycles. The van der Waals surface area contributed by atoms with Gasteiger partial charge in [-0.25, -0.2) is 4.79 Å². The minimum atomic E-state index is -0.804. The number of benzene rings is 1. The molecular weight excluding hydrogens is 148 g/mol. The molecule has 2 rings (SSSR count). The van der Waals surface area contributed by atoms with Crippen LogP contribution in [0.25, 0.3) is 11.2 Å². The standard InChI is InChI=1S/C7H4O4/c8-4-2-1-3-5-6(4)11-7(9)10-5/h1-3,8H. The smallest absolute Gasteiger partial charge is 0.504 e. The van der Waals surface area contributed by atoms with E-state index in [9.17, 15) is 4.79 Å². The van der Waals surface area contributed by atoms with E-state index in [0.717, 1.165) is 0 Å². The molecule has 1 N–H and O–H groups in total. The van der Waals surface area contributed by atoms with Gasteiger partial charge in [0.25, 0.3) is 0 Å². The highest BCUT2D eigenvalue weighted by molar-refractivity contribution is 5.76. The number of hydrogen-bond acceptors (Lipinski definition) is 4. The molecule has 4 nitrogen and oxygen atoms in total. The van der Waals surface area contributed by atoms with Gasteiger partial charge < -0.3 is 13.9 Å². The van der Waals surface area contributed by atoms with Crippen molar-refractivity contribution in [3.63, 3.8) is 0 Å². The SMILES string of the molecule is O=c1oc2cccc(O)c2o1. The van der Waals surface area contributed by atoms with Crippen molar-refractivity contribution in [3.8, 4) is 5.75 Å². The van der Waals surface area contributed by atoms with E-state index in [-0.39, 0.29) is 16.9 Å². The summed E-state index contributed by atoms with van der Waals surface area (Å²) in [5, 5.41) is 9.09. The molecule has 2 aromatic rings. The first-order valence-electron chi connectivity index (χ1n) is 2.99. The molecule has 0 saturated heterocycles. The lowest BCUT2D eigenvalue weighted by atomic mass is 10.3. The maximum atomic E-state index is 10.5. The summed E-state index contributed by atoms with van der Waals surface area (Å²) in [6.07, 6.45) is 0. The molecule has 11 heavy (non-hydrogen) atoms. The van der Waals surface area contributed by atoms with Gasteiger partial charge in [-0.1, -0.05) is 6.07 Å². The summed E-state index contributed by atoms with van der Waals surface area (Å²) in [6.45, 7) is 0. The lowest BCUT2D eigenvalue weighted by molar-refractivity contribution is 0.400. The van der Waals surface area contributed by atoms with E-state index in [1.807, 2.05) is 0 Å². The average Bonchev–Trinajstić information content (AvgIpc) is 2.31. The van der Waals surface area contributed by atoms with E-state index in [1.165, 1.54) is 6.07 Å². The predicted octanol–water partition coefficient (Wildman–Crippen LogP) is 1.09. The van der Waals surface area contributed by atoms with Crippen molar-refractivity contribution < 1.29 is 13.9 Å². The largest absolute Gasteiger partial charge is 0.519 e. The van der Waals surface area contributed by atoms with Crippen molar-refractivity contribution in [1.29, 1.82) is 0 Å². The van der Waals surface area contributed by atoms with E-state index in [2.05, 4.69) is 8.83 Å². The number of phenols is 1. The van der Waals surface area contributed by atoms with E-state index >= 15 is 0 Å². The van der Waals surface area contributed by atoms with Crippen LogP contribution in [-0.2, 0) is 0 Å². The second-order valence-electron chi connectivity index (χ2n) is 2.06. The van der Waals surface area contributed by atoms with Gasteiger partial charge in [0, 0.05) is 0 Å². The van der Waals surface area contributed by atoms with Crippen molar-refractivity contribution in [3.05, 3.63) is 28.8 Å². The van der Waals surface area contributed by atoms with E-state index in [4.69, 9.17) is 5.11 Å². The summed E-state index contributed by atoms with van der Waals surface area (Å²) in [4.78, 5) is 10.5. The van der Waals surface area contributed by atoms with Crippen LogP contribution in [0.5, 0.6) is 5.75 Å². The Hall–Kier alpha value is -1.71. The van der Waals surface area contributed by atoms with E-state index in [1.54, 1.807) is 12.1 Å². The monoisotopic (exact) mass is 152 g/mol. The number of fused-ring (bicyclic) bond motifs is 1. The molecule has 0 spiro atoms. The molecule has 0 saturated carbocycles. The molecule has 0 aliphatic heterocycles. The van der Waals surface area contributed by atoms with Crippen LogP contribution in [0.15, 0.2) is 31.8 Å². The minimum Gasteiger partial charge on any atom is -0.504 e. The third-order valence-electron chi connectivity index (χ3n) is 1.34. The van der Waals surface area contributed by atoms with Crippen molar-refractivity contribution in [2.24, 2.45) is 0 Å². The molecule has 0 atom stereocenters. The van der Waals surface area contributed by atoms with Crippen molar-refractivity contribution in [2.45, 2.75) is 0 Å². The lowest BCUT2D eigenvalue weighted by Gasteiger charge is -1.86. The highest BCUT2D eigenvalue weighted by atomic mass is 16.6. The number of hydrogen-bond donors (Lipinski definition) is 1. The highest BCUT2D eigenvalue weighted by Crippen LogP contribution is 2.22. The molecule has 0 radical (unpaired) electrons. The van der Waals surface area contributed by atoms with Gasteiger partial charge in [0.05, 0.1) is 0 Å². The highest BCUT2D eigenvalue weighted by Gasteiger charge is 2.06. The van der Waals surface area contributed by atoms with Crippen molar-refractivity contribution in [2.75, 3.05) is 0 Å². The summed E-state index contributed by atoms with van der Waals surface area (Å²) < 4.78 is 9.09. The molecule has 4 heteroatoms. The van der Waals surface area contributed by atoms with Gasteiger partial charge in [-0.05, 0) is 12.1 Å². The third-order valence-corrected chi connectivity index (χ3v) is 1.34. The molecule has 0 fully saturated rings. The zero-order valence-corrected chi connectivity index (χ0v) is 5.40. The van der Waals surface area contributed by atoms with Gasteiger partial charge >= 0.3 is 5.82 Å². The molecule has 0 aliphatic carbocycles. The fraction of sp³-hybridized carbons (Fsp3) is 0. The van der Waals surface area contributed by atoms with Gasteiger partial charge in [0.15, 0.2) is 11.3 Å². The molecule has 0 unspecified atom stereocenters. The Labute approximate surface area is 60.7 Å². The molecule has 0 bridgehead atoms. The minimum absolute atomic E-state index is 0.0895. The molecule has 1 heterocycles. The van der Waals surface area contributed by atoms with Crippen LogP contribution in [-0.4, -0.2) is 5.11 Å². The van der Waals surface area contributed by atoms with Gasteiger partial charge in [-0.15, -0.1) is 0 Å². The first-order chi connectivity index (χ1) is 5.27. The van der Waals surface area contributed by atoms with Crippen LogP contribution in [0, 0.1) is 0 Å². The number of phenolic OH excluding ortho intramolecular Hbond substituents is 1. The molecule has 0 aliphatic rings. The average molecular weight is 152 g/mol. The second-order valence-corrected chi connectivity index (χ2v) is 2.06. The van der Waals surface area contributed by atoms with Crippen LogP contribution in [0.4, 0.5) is 0 Å². The Balaban J connectivity index is 3.01. The number of para-hydroxylation sites is 1. The lowest BCUT2D eigenvalue weighted by Crippen LogP contribution is -1.84. The second kappa shape index (κ2) is 1.88. The summed E-state index contributed by atoms with van der Waals surface area (Å²) in [6, 6.07) is 4.52. The van der Waals surface area contributed by atoms with Crippen LogP contribution in [0.3, 0.4) is 0 Å². The van der Waals surface area contributed by atoms with Gasteiger partial charge in [-0.3, -0.25) is 0 Å². The molecule has 56 valence electrons. The summed E-state index contributed by atoms with van der Waals surface area (Å²) in [7, 11) is 0. The van der Waals surface area contributed by atoms with Crippen LogP contribution >= 0.6 is 0 Å². The predicted molar refractivity (Wildman–Crippen MR) is 36.4 cm³/mol. The zero-order valence-electron chi connectivity index (χ0n) is 5.40. The van der Waals surface area contributed by atoms with Gasteiger partial charge in [0.2, 0.25) is 5.58 Å². The van der Waals surface area contributed by atoms with Crippen LogP contribution in [0.2, 0.25) is 0 Å². The Morgan fingerprint density at radius 3 is 2.82 bits per heavy atom. The fourth-order valence-electron chi connectivity index (χ4n) is 0.881. The molecule has 1 aromatic carbocycles. The van der Waals surface area contributed by atoms with E-state index < -0.39 is 5.82 Å². The van der Waals surface area contributed by atoms with Crippen LogP contribution in [0.1, 0.15) is 0 Å². The van der Waals surface area contributed by atoms with Gasteiger partial charge in [-0.2, -0.15) is 0 Å².